The van der Waals surface area contributed by atoms with Gasteiger partial charge in [0.05, 0.1) is 6.54 Å². The van der Waals surface area contributed by atoms with Crippen LogP contribution in [0.25, 0.3) is 10.8 Å². The molecule has 1 N–H and O–H groups in total. The molecule has 0 bridgehead atoms. The number of benzene rings is 2. The van der Waals surface area contributed by atoms with Crippen molar-refractivity contribution >= 4 is 22.4 Å². The number of hydrogen-bond acceptors (Lipinski definition) is 2. The van der Waals surface area contributed by atoms with Crippen LogP contribution >= 0.6 is 0 Å². The quantitative estimate of drug-likeness (QED) is 0.913. The standard InChI is InChI=1S/C16H18N2O/c19-16(18-10-3-4-11-18)12-17-15-9-5-7-13-6-1-2-8-14(13)15/h1-2,5-9,17H,3-4,10-12H2. The zero-order chi connectivity index (χ0) is 13.1. The third-order valence-corrected chi connectivity index (χ3v) is 3.68. The number of carbonyl (C=O) groups is 1. The van der Waals surface area contributed by atoms with Crippen LogP contribution in [0.2, 0.25) is 0 Å². The van der Waals surface area contributed by atoms with Crippen molar-refractivity contribution in [3.05, 3.63) is 42.5 Å². The monoisotopic (exact) mass is 254 g/mol. The maximum atomic E-state index is 12.0. The molecular weight excluding hydrogens is 236 g/mol. The molecule has 0 radical (unpaired) electrons. The molecule has 0 atom stereocenters. The number of hydrogen-bond donors (Lipinski definition) is 1. The Labute approximate surface area is 113 Å². The number of fused-ring (bicyclic) bond motifs is 1. The fraction of sp³-hybridized carbons (Fsp3) is 0.312. The fourth-order valence-electron chi connectivity index (χ4n) is 2.63. The maximum Gasteiger partial charge on any atom is 0.241 e. The van der Waals surface area contributed by atoms with E-state index in [1.807, 2.05) is 29.2 Å². The van der Waals surface area contributed by atoms with Crippen LogP contribution in [0, 0.1) is 0 Å². The number of amides is 1. The first-order chi connectivity index (χ1) is 9.34. The molecule has 1 saturated heterocycles. The van der Waals surface area contributed by atoms with Gasteiger partial charge in [0.1, 0.15) is 0 Å². The SMILES string of the molecule is O=C(CNc1cccc2ccccc12)N1CCCC1. The van der Waals surface area contributed by atoms with Gasteiger partial charge < -0.3 is 10.2 Å². The molecule has 0 aromatic heterocycles. The summed E-state index contributed by atoms with van der Waals surface area (Å²) in [5.74, 6) is 0.199. The van der Waals surface area contributed by atoms with Gasteiger partial charge in [0.25, 0.3) is 0 Å². The second-order valence-corrected chi connectivity index (χ2v) is 4.97. The van der Waals surface area contributed by atoms with Crippen molar-refractivity contribution in [2.75, 3.05) is 25.0 Å². The number of nitrogens with zero attached hydrogens (tertiary/aromatic N) is 1. The van der Waals surface area contributed by atoms with Crippen molar-refractivity contribution in [1.29, 1.82) is 0 Å². The van der Waals surface area contributed by atoms with E-state index < -0.39 is 0 Å². The Kier molecular flexibility index (Phi) is 3.36. The lowest BCUT2D eigenvalue weighted by atomic mass is 10.1. The Morgan fingerprint density at radius 2 is 1.79 bits per heavy atom. The molecule has 0 spiro atoms. The minimum Gasteiger partial charge on any atom is -0.376 e. The summed E-state index contributed by atoms with van der Waals surface area (Å²) in [6.45, 7) is 2.21. The van der Waals surface area contributed by atoms with Crippen molar-refractivity contribution in [1.82, 2.24) is 4.90 Å². The molecular formula is C16H18N2O. The highest BCUT2D eigenvalue weighted by Crippen LogP contribution is 2.22. The largest absolute Gasteiger partial charge is 0.376 e. The molecule has 0 saturated carbocycles. The minimum absolute atomic E-state index is 0.199. The second kappa shape index (κ2) is 5.31. The first-order valence-electron chi connectivity index (χ1n) is 6.84. The summed E-state index contributed by atoms with van der Waals surface area (Å²) < 4.78 is 0. The molecule has 1 aliphatic heterocycles. The minimum atomic E-state index is 0.199. The van der Waals surface area contributed by atoms with Crippen molar-refractivity contribution in [2.24, 2.45) is 0 Å². The zero-order valence-corrected chi connectivity index (χ0v) is 10.9. The Balaban J connectivity index is 1.73. The number of carbonyl (C=O) groups excluding carboxylic acids is 1. The summed E-state index contributed by atoms with van der Waals surface area (Å²) in [4.78, 5) is 14.0. The van der Waals surface area contributed by atoms with E-state index in [0.717, 1.165) is 31.6 Å². The Morgan fingerprint density at radius 3 is 2.63 bits per heavy atom. The number of anilines is 1. The van der Waals surface area contributed by atoms with Crippen LogP contribution in [0.15, 0.2) is 42.5 Å². The van der Waals surface area contributed by atoms with Crippen LogP contribution in [0.4, 0.5) is 5.69 Å². The molecule has 98 valence electrons. The fourth-order valence-corrected chi connectivity index (χ4v) is 2.63. The van der Waals surface area contributed by atoms with E-state index in [4.69, 9.17) is 0 Å². The Morgan fingerprint density at radius 1 is 1.05 bits per heavy atom. The maximum absolute atomic E-state index is 12.0. The van der Waals surface area contributed by atoms with Gasteiger partial charge in [0.2, 0.25) is 5.91 Å². The molecule has 1 heterocycles. The predicted molar refractivity (Wildman–Crippen MR) is 78.3 cm³/mol. The van der Waals surface area contributed by atoms with Gasteiger partial charge in [-0.25, -0.2) is 0 Å². The van der Waals surface area contributed by atoms with E-state index in [-0.39, 0.29) is 5.91 Å². The van der Waals surface area contributed by atoms with Gasteiger partial charge in [-0.2, -0.15) is 0 Å². The average Bonchev–Trinajstić information content (AvgIpc) is 2.99. The number of rotatable bonds is 3. The molecule has 19 heavy (non-hydrogen) atoms. The van der Waals surface area contributed by atoms with E-state index in [0.29, 0.717) is 6.54 Å². The highest BCUT2D eigenvalue weighted by Gasteiger charge is 2.17. The first-order valence-corrected chi connectivity index (χ1v) is 6.84. The van der Waals surface area contributed by atoms with Crippen LogP contribution in [0.3, 0.4) is 0 Å². The molecule has 3 rings (SSSR count). The summed E-state index contributed by atoms with van der Waals surface area (Å²) in [6.07, 6.45) is 2.28. The predicted octanol–water partition coefficient (Wildman–Crippen LogP) is 2.87. The number of likely N-dealkylation sites (tertiary alicyclic amines) is 1. The molecule has 0 aliphatic carbocycles. The Hall–Kier alpha value is -2.03. The van der Waals surface area contributed by atoms with Crippen LogP contribution in [-0.4, -0.2) is 30.4 Å². The first kappa shape index (κ1) is 12.0. The molecule has 1 fully saturated rings. The third-order valence-electron chi connectivity index (χ3n) is 3.68. The summed E-state index contributed by atoms with van der Waals surface area (Å²) in [7, 11) is 0. The zero-order valence-electron chi connectivity index (χ0n) is 10.9. The lowest BCUT2D eigenvalue weighted by molar-refractivity contribution is -0.128. The average molecular weight is 254 g/mol. The van der Waals surface area contributed by atoms with Gasteiger partial charge in [0, 0.05) is 24.2 Å². The molecule has 2 aromatic carbocycles. The van der Waals surface area contributed by atoms with Crippen molar-refractivity contribution in [3.8, 4) is 0 Å². The smallest absolute Gasteiger partial charge is 0.241 e. The lowest BCUT2D eigenvalue weighted by Gasteiger charge is -2.16. The summed E-state index contributed by atoms with van der Waals surface area (Å²) >= 11 is 0. The van der Waals surface area contributed by atoms with Gasteiger partial charge in [-0.05, 0) is 24.3 Å². The lowest BCUT2D eigenvalue weighted by Crippen LogP contribution is -2.32. The van der Waals surface area contributed by atoms with Gasteiger partial charge in [0.15, 0.2) is 0 Å². The normalized spacial score (nSPS) is 14.8. The number of nitrogens with one attached hydrogen (secondary N) is 1. The van der Waals surface area contributed by atoms with Crippen LogP contribution < -0.4 is 5.32 Å². The van der Waals surface area contributed by atoms with Crippen molar-refractivity contribution in [2.45, 2.75) is 12.8 Å². The molecule has 3 heteroatoms. The highest BCUT2D eigenvalue weighted by molar-refractivity contribution is 5.95. The van der Waals surface area contributed by atoms with E-state index in [1.54, 1.807) is 0 Å². The molecule has 3 nitrogen and oxygen atoms in total. The van der Waals surface area contributed by atoms with Crippen LogP contribution in [-0.2, 0) is 4.79 Å². The summed E-state index contributed by atoms with van der Waals surface area (Å²) in [6, 6.07) is 14.4. The molecule has 2 aromatic rings. The van der Waals surface area contributed by atoms with E-state index >= 15 is 0 Å². The Bertz CT molecular complexity index is 583. The van der Waals surface area contributed by atoms with E-state index in [9.17, 15) is 4.79 Å². The van der Waals surface area contributed by atoms with Gasteiger partial charge in [-0.3, -0.25) is 4.79 Å². The van der Waals surface area contributed by atoms with Gasteiger partial charge >= 0.3 is 0 Å². The summed E-state index contributed by atoms with van der Waals surface area (Å²) in [5.41, 5.74) is 1.03. The molecule has 1 aliphatic rings. The van der Waals surface area contributed by atoms with Gasteiger partial charge in [-0.15, -0.1) is 0 Å². The molecule has 1 amide bonds. The van der Waals surface area contributed by atoms with Gasteiger partial charge in [-0.1, -0.05) is 36.4 Å². The van der Waals surface area contributed by atoms with E-state index in [2.05, 4.69) is 23.5 Å². The molecule has 0 unspecified atom stereocenters. The highest BCUT2D eigenvalue weighted by atomic mass is 16.2. The van der Waals surface area contributed by atoms with Crippen molar-refractivity contribution in [3.63, 3.8) is 0 Å². The van der Waals surface area contributed by atoms with Crippen molar-refractivity contribution < 1.29 is 4.79 Å². The van der Waals surface area contributed by atoms with E-state index in [1.165, 1.54) is 10.8 Å². The summed E-state index contributed by atoms with van der Waals surface area (Å²) in [5, 5.41) is 5.63. The van der Waals surface area contributed by atoms with Crippen LogP contribution in [0.1, 0.15) is 12.8 Å². The van der Waals surface area contributed by atoms with Crippen LogP contribution in [0.5, 0.6) is 0 Å². The third kappa shape index (κ3) is 2.55. The topological polar surface area (TPSA) is 32.3 Å². The second-order valence-electron chi connectivity index (χ2n) is 4.97.